The highest BCUT2D eigenvalue weighted by Gasteiger charge is 2.48. The third-order valence-corrected chi connectivity index (χ3v) is 19.0. The van der Waals surface area contributed by atoms with Gasteiger partial charge < -0.3 is 142 Å². The number of carbonyl (C=O) groups is 10. The van der Waals surface area contributed by atoms with Gasteiger partial charge in [0, 0.05) is 125 Å². The van der Waals surface area contributed by atoms with Crippen LogP contribution in [-0.4, -0.2) is 321 Å². The number of aliphatic hydroxyl groups is 9. The Morgan fingerprint density at radius 1 is 0.316 bits per heavy atom. The molecule has 19 N–H and O–H groups in total. The van der Waals surface area contributed by atoms with Crippen molar-refractivity contribution < 1.29 is 137 Å². The van der Waals surface area contributed by atoms with Crippen molar-refractivity contribution >= 4 is 59.1 Å². The molecule has 38 nitrogen and oxygen atoms in total. The summed E-state index contributed by atoms with van der Waals surface area (Å²) in [4.78, 5) is 126. The first-order chi connectivity index (χ1) is 54.4. The van der Waals surface area contributed by atoms with Gasteiger partial charge in [-0.15, -0.1) is 0 Å². The molecule has 3 aliphatic rings. The fourth-order valence-electron chi connectivity index (χ4n) is 12.7. The van der Waals surface area contributed by atoms with Crippen LogP contribution in [0.2, 0.25) is 0 Å². The van der Waals surface area contributed by atoms with Crippen LogP contribution in [-0.2, 0) is 90.6 Å². The van der Waals surface area contributed by atoms with Crippen LogP contribution in [0.15, 0.2) is 0 Å². The molecule has 114 heavy (non-hydrogen) atoms. The van der Waals surface area contributed by atoms with Gasteiger partial charge in [0.05, 0.1) is 59.5 Å². The quantitative estimate of drug-likeness (QED) is 0.0275. The van der Waals surface area contributed by atoms with Gasteiger partial charge in [-0.25, -0.2) is 0 Å². The van der Waals surface area contributed by atoms with Gasteiger partial charge in [-0.05, 0) is 76.0 Å². The Balaban J connectivity index is 1.56. The zero-order chi connectivity index (χ0) is 84.3. The predicted octanol–water partition coefficient (Wildman–Crippen LogP) is -2.73. The maximum Gasteiger partial charge on any atom is 0.222 e. The molecule has 0 aromatic rings. The molecule has 3 rings (SSSR count). The van der Waals surface area contributed by atoms with Crippen molar-refractivity contribution in [3.8, 4) is 0 Å². The second kappa shape index (κ2) is 58.8. The van der Waals surface area contributed by atoms with Crippen LogP contribution >= 0.6 is 0 Å². The molecule has 3 heterocycles. The summed E-state index contributed by atoms with van der Waals surface area (Å²) in [5, 5.41) is 118. The summed E-state index contributed by atoms with van der Waals surface area (Å²) in [6.45, 7) is 9.42. The SMILES string of the molecule is CC(=O)NC1C(OCCCCC(=O)NCCCNC(=O)CCOCC(COCCC(=O)NCCCNC(=O)CCCCOC2OC(CO)C(O)C(O)C2NC(C)=O)(COCCC(=O)NCCCNC(=O)CCCCOC2OC(CO)C(O)C(O)C2NC(C)=O)NC(=O)CCCCCCCCCCC(C)(C)C)OC(CO)C(O)C1O. The molecule has 3 fully saturated rings. The molecule has 0 aromatic heterocycles. The summed E-state index contributed by atoms with van der Waals surface area (Å²) in [5.41, 5.74) is -1.09. The molecule has 0 aromatic carbocycles. The number of aliphatic hydroxyl groups excluding tert-OH is 9. The monoisotopic (exact) mass is 1640 g/mol. The van der Waals surface area contributed by atoms with Gasteiger partial charge in [-0.2, -0.15) is 0 Å². The number of carbonyl (C=O) groups excluding carboxylic acids is 10. The zero-order valence-corrected chi connectivity index (χ0v) is 67.8. The van der Waals surface area contributed by atoms with E-state index < -0.39 is 135 Å². The van der Waals surface area contributed by atoms with E-state index in [9.17, 15) is 93.9 Å². The van der Waals surface area contributed by atoms with Crippen molar-refractivity contribution in [3.63, 3.8) is 0 Å². The Kier molecular flexibility index (Phi) is 52.7. The molecule has 0 aliphatic carbocycles. The van der Waals surface area contributed by atoms with Gasteiger partial charge in [-0.1, -0.05) is 65.7 Å². The highest BCUT2D eigenvalue weighted by molar-refractivity contribution is 5.79. The molecule has 0 spiro atoms. The van der Waals surface area contributed by atoms with Gasteiger partial charge in [0.15, 0.2) is 18.9 Å². The first kappa shape index (κ1) is 102. The number of hydrogen-bond acceptors (Lipinski definition) is 28. The highest BCUT2D eigenvalue weighted by atomic mass is 16.7. The molecule has 0 bridgehead atoms. The normalized spacial score (nSPS) is 24.1. The lowest BCUT2D eigenvalue weighted by Crippen LogP contribution is -2.64. The lowest BCUT2D eigenvalue weighted by atomic mass is 9.89. The second-order valence-corrected chi connectivity index (χ2v) is 30.6. The summed E-state index contributed by atoms with van der Waals surface area (Å²) < 4.78 is 52.2. The molecule has 0 radical (unpaired) electrons. The molecule has 0 saturated carbocycles. The minimum Gasteiger partial charge on any atom is -0.394 e. The lowest BCUT2D eigenvalue weighted by Gasteiger charge is -2.42. The summed E-state index contributed by atoms with van der Waals surface area (Å²) in [6.07, 6.45) is -2.36. The Labute approximate surface area is 669 Å². The number of amides is 10. The van der Waals surface area contributed by atoms with Crippen LogP contribution in [0.25, 0.3) is 0 Å². The van der Waals surface area contributed by atoms with Crippen molar-refractivity contribution in [2.24, 2.45) is 5.41 Å². The number of nitrogens with one attached hydrogen (secondary N) is 10. The molecule has 38 heteroatoms. The molecule has 3 saturated heterocycles. The maximum absolute atomic E-state index is 14.0. The largest absolute Gasteiger partial charge is 0.394 e. The number of hydrogen-bond donors (Lipinski definition) is 19. The molecule has 660 valence electrons. The standard InChI is InChI=1S/C76H138N10O28/c1-50(90)83-63-69(103)66(100)53(44-87)112-72(63)109-38-18-14-24-56(93)77-32-21-35-80-59(96)28-41-106-47-76(86-62(99)27-13-11-9-7-8-10-12-17-31-75(4,5)6,48-107-42-29-60(97)81-36-22-33-78-57(94)25-15-19-39-110-73-64(84-51(2)91)70(104)67(101)54(45-88)113-73)49-108-43-30-61(98)82-37-23-34-79-58(95)26-16-20-40-111-74-65(85-52(3)92)71(105)68(102)55(46-89)114-74/h53-55,63-74,87-89,100-105H,7-49H2,1-6H3,(H,77,93)(H,78,94)(H,79,95)(H,80,96)(H,81,97)(H,82,98)(H,83,90)(H,84,91)(H,85,92)(H,86,99). The van der Waals surface area contributed by atoms with E-state index >= 15 is 0 Å². The predicted molar refractivity (Wildman–Crippen MR) is 410 cm³/mol. The van der Waals surface area contributed by atoms with E-state index in [4.69, 9.17) is 42.6 Å². The van der Waals surface area contributed by atoms with Crippen molar-refractivity contribution in [2.45, 2.75) is 300 Å². The van der Waals surface area contributed by atoms with Gasteiger partial charge in [0.1, 0.15) is 78.6 Å². The van der Waals surface area contributed by atoms with E-state index in [-0.39, 0.29) is 185 Å². The third kappa shape index (κ3) is 44.0. The summed E-state index contributed by atoms with van der Waals surface area (Å²) in [7, 11) is 0. The zero-order valence-electron chi connectivity index (χ0n) is 67.8. The summed E-state index contributed by atoms with van der Waals surface area (Å²) in [6, 6.07) is -3.26. The number of unbranched alkanes of at least 4 members (excludes halogenated alkanes) is 10. The van der Waals surface area contributed by atoms with Crippen LogP contribution in [0.4, 0.5) is 0 Å². The van der Waals surface area contributed by atoms with E-state index in [2.05, 4.69) is 73.9 Å². The van der Waals surface area contributed by atoms with Crippen molar-refractivity contribution in [3.05, 3.63) is 0 Å². The summed E-state index contributed by atoms with van der Waals surface area (Å²) >= 11 is 0. The van der Waals surface area contributed by atoms with E-state index in [0.29, 0.717) is 69.6 Å². The molecular weight excluding hydrogens is 1500 g/mol. The van der Waals surface area contributed by atoms with Gasteiger partial charge in [0.25, 0.3) is 0 Å². The number of rotatable bonds is 62. The van der Waals surface area contributed by atoms with Crippen molar-refractivity contribution in [1.82, 2.24) is 53.2 Å². The Morgan fingerprint density at radius 2 is 0.570 bits per heavy atom. The minimum absolute atomic E-state index is 0.0854. The topological polar surface area (TPSA) is 556 Å². The Hall–Kier alpha value is -6.02. The van der Waals surface area contributed by atoms with Crippen molar-refractivity contribution in [1.29, 1.82) is 0 Å². The van der Waals surface area contributed by atoms with Gasteiger partial charge in [-0.3, -0.25) is 47.9 Å². The fraction of sp³-hybridized carbons (Fsp3) is 0.868. The first-order valence-corrected chi connectivity index (χ1v) is 40.6. The Bertz CT molecular complexity index is 2520. The maximum atomic E-state index is 14.0. The van der Waals surface area contributed by atoms with E-state index in [1.54, 1.807) is 0 Å². The molecule has 10 amide bonds. The van der Waals surface area contributed by atoms with Crippen molar-refractivity contribution in [2.75, 3.05) is 119 Å². The third-order valence-electron chi connectivity index (χ3n) is 19.0. The first-order valence-electron chi connectivity index (χ1n) is 40.6. The smallest absolute Gasteiger partial charge is 0.222 e. The number of ether oxygens (including phenoxy) is 9. The second-order valence-electron chi connectivity index (χ2n) is 30.6. The average molecular weight is 1640 g/mol. The van der Waals surface area contributed by atoms with Crippen LogP contribution in [0, 0.1) is 5.41 Å². The van der Waals surface area contributed by atoms with Crippen LogP contribution in [0.5, 0.6) is 0 Å². The summed E-state index contributed by atoms with van der Waals surface area (Å²) in [5.74, 6) is -3.56. The van der Waals surface area contributed by atoms with Crippen LogP contribution in [0.3, 0.4) is 0 Å². The Morgan fingerprint density at radius 3 is 0.842 bits per heavy atom. The van der Waals surface area contributed by atoms with E-state index in [0.717, 1.165) is 32.1 Å². The van der Waals surface area contributed by atoms with Crippen LogP contribution < -0.4 is 53.2 Å². The van der Waals surface area contributed by atoms with E-state index in [1.807, 2.05) is 0 Å². The van der Waals surface area contributed by atoms with Gasteiger partial charge in [0.2, 0.25) is 59.1 Å². The molecule has 3 aliphatic heterocycles. The average Bonchev–Trinajstić information content (AvgIpc) is 0.815. The molecule has 15 atom stereocenters. The fourth-order valence-corrected chi connectivity index (χ4v) is 12.7. The molecular formula is C76H138N10O28. The highest BCUT2D eigenvalue weighted by Crippen LogP contribution is 2.27. The van der Waals surface area contributed by atoms with E-state index in [1.165, 1.54) is 40.0 Å². The molecule has 15 unspecified atom stereocenters. The lowest BCUT2D eigenvalue weighted by molar-refractivity contribution is -0.270. The van der Waals surface area contributed by atoms with Gasteiger partial charge >= 0.3 is 0 Å². The minimum atomic E-state index is -1.45. The van der Waals surface area contributed by atoms with Crippen LogP contribution in [0.1, 0.15) is 202 Å².